The van der Waals surface area contributed by atoms with Crippen LogP contribution < -0.4 is 5.32 Å². The second-order valence-electron chi connectivity index (χ2n) is 4.91. The summed E-state index contributed by atoms with van der Waals surface area (Å²) in [6.45, 7) is 2.32. The van der Waals surface area contributed by atoms with Crippen LogP contribution in [0.25, 0.3) is 0 Å². The fraction of sp³-hybridized carbons (Fsp3) is 0.333. The van der Waals surface area contributed by atoms with E-state index in [0.29, 0.717) is 12.1 Å². The minimum Gasteiger partial charge on any atom is -0.481 e. The maximum Gasteiger partial charge on any atom is 0.310 e. The van der Waals surface area contributed by atoms with Gasteiger partial charge in [-0.25, -0.2) is 8.78 Å². The first-order valence-corrected chi connectivity index (χ1v) is 5.71. The van der Waals surface area contributed by atoms with E-state index < -0.39 is 45.1 Å². The van der Waals surface area contributed by atoms with Gasteiger partial charge in [-0.05, 0) is 19.9 Å². The maximum atomic E-state index is 13.1. The van der Waals surface area contributed by atoms with E-state index in [1.165, 1.54) is 13.8 Å². The lowest BCUT2D eigenvalue weighted by Gasteiger charge is -2.19. The highest BCUT2D eigenvalue weighted by Crippen LogP contribution is 2.22. The molecule has 0 aliphatic heterocycles. The Labute approximate surface area is 117 Å². The monoisotopic (exact) mass is 302 g/mol. The summed E-state index contributed by atoms with van der Waals surface area (Å²) >= 11 is 0. The molecule has 0 aliphatic rings. The summed E-state index contributed by atoms with van der Waals surface area (Å²) in [6, 6.07) is 0.698. The molecule has 0 aromatic heterocycles. The zero-order valence-corrected chi connectivity index (χ0v) is 11.1. The number of hydrogen-bond acceptors (Lipinski definition) is 4. The molecule has 0 radical (unpaired) electrons. The molecule has 9 heteroatoms. The van der Waals surface area contributed by atoms with E-state index in [4.69, 9.17) is 5.11 Å². The molecule has 1 aromatic rings. The van der Waals surface area contributed by atoms with Crippen LogP contribution in [0.5, 0.6) is 0 Å². The van der Waals surface area contributed by atoms with Crippen LogP contribution in [0.3, 0.4) is 0 Å². The zero-order valence-electron chi connectivity index (χ0n) is 11.1. The summed E-state index contributed by atoms with van der Waals surface area (Å²) in [6.07, 6.45) is 0. The number of nitro groups is 1. The normalized spacial score (nSPS) is 11.0. The number of halogens is 2. The van der Waals surface area contributed by atoms with Gasteiger partial charge in [0.1, 0.15) is 5.56 Å². The lowest BCUT2D eigenvalue weighted by atomic mass is 9.94. The summed E-state index contributed by atoms with van der Waals surface area (Å²) in [4.78, 5) is 32.4. The Morgan fingerprint density at radius 1 is 1.33 bits per heavy atom. The smallest absolute Gasteiger partial charge is 0.310 e. The highest BCUT2D eigenvalue weighted by Gasteiger charge is 2.30. The number of benzene rings is 1. The van der Waals surface area contributed by atoms with Crippen molar-refractivity contribution in [3.05, 3.63) is 39.4 Å². The lowest BCUT2D eigenvalue weighted by Crippen LogP contribution is -2.39. The van der Waals surface area contributed by atoms with E-state index in [1.54, 1.807) is 0 Å². The minimum atomic E-state index is -1.45. The van der Waals surface area contributed by atoms with E-state index >= 15 is 0 Å². The summed E-state index contributed by atoms with van der Waals surface area (Å²) in [7, 11) is 0. The Bertz CT molecular complexity index is 616. The van der Waals surface area contributed by atoms with Gasteiger partial charge < -0.3 is 10.4 Å². The van der Waals surface area contributed by atoms with Gasteiger partial charge in [-0.3, -0.25) is 19.7 Å². The van der Waals surface area contributed by atoms with Gasteiger partial charge in [0, 0.05) is 6.54 Å². The van der Waals surface area contributed by atoms with Crippen LogP contribution in [0.2, 0.25) is 0 Å². The molecule has 1 rings (SSSR count). The molecule has 0 saturated carbocycles. The number of carbonyl (C=O) groups is 2. The van der Waals surface area contributed by atoms with Crippen LogP contribution in [0, 0.1) is 27.2 Å². The molecule has 21 heavy (non-hydrogen) atoms. The van der Waals surface area contributed by atoms with Crippen molar-refractivity contribution in [1.82, 2.24) is 5.32 Å². The number of nitrogens with zero attached hydrogens (tertiary/aromatic N) is 1. The Hall–Kier alpha value is -2.58. The summed E-state index contributed by atoms with van der Waals surface area (Å²) < 4.78 is 26.1. The largest absolute Gasteiger partial charge is 0.481 e. The number of carboxylic acids is 1. The third-order valence-corrected chi connectivity index (χ3v) is 2.75. The molecule has 0 aliphatic carbocycles. The minimum absolute atomic E-state index is 0.298. The third-order valence-electron chi connectivity index (χ3n) is 2.75. The molecule has 1 aromatic carbocycles. The molecule has 0 atom stereocenters. The molecule has 0 saturated heterocycles. The van der Waals surface area contributed by atoms with Gasteiger partial charge in [0.15, 0.2) is 11.6 Å². The topological polar surface area (TPSA) is 110 Å². The van der Waals surface area contributed by atoms with Crippen molar-refractivity contribution < 1.29 is 28.4 Å². The highest BCUT2D eigenvalue weighted by molar-refractivity contribution is 5.98. The predicted octanol–water partition coefficient (Wildman–Crippen LogP) is 1.71. The molecule has 0 fully saturated rings. The van der Waals surface area contributed by atoms with Crippen molar-refractivity contribution in [2.45, 2.75) is 13.8 Å². The van der Waals surface area contributed by atoms with Gasteiger partial charge in [0.05, 0.1) is 16.4 Å². The fourth-order valence-corrected chi connectivity index (χ4v) is 1.34. The van der Waals surface area contributed by atoms with Crippen molar-refractivity contribution in [3.63, 3.8) is 0 Å². The number of nitro benzene ring substituents is 1. The van der Waals surface area contributed by atoms with E-state index in [2.05, 4.69) is 5.32 Å². The van der Waals surface area contributed by atoms with Gasteiger partial charge in [0.25, 0.3) is 11.6 Å². The average Bonchev–Trinajstić information content (AvgIpc) is 2.38. The van der Waals surface area contributed by atoms with Crippen molar-refractivity contribution in [3.8, 4) is 0 Å². The molecule has 0 unspecified atom stereocenters. The third kappa shape index (κ3) is 3.71. The Morgan fingerprint density at radius 3 is 2.33 bits per heavy atom. The number of hydrogen-bond donors (Lipinski definition) is 2. The first-order valence-electron chi connectivity index (χ1n) is 5.71. The fourth-order valence-electron chi connectivity index (χ4n) is 1.34. The second kappa shape index (κ2) is 5.81. The molecule has 1 amide bonds. The second-order valence-corrected chi connectivity index (χ2v) is 4.91. The van der Waals surface area contributed by atoms with Gasteiger partial charge in [0.2, 0.25) is 0 Å². The Balaban J connectivity index is 3.05. The first kappa shape index (κ1) is 16.5. The molecule has 0 spiro atoms. The van der Waals surface area contributed by atoms with E-state index in [9.17, 15) is 28.5 Å². The van der Waals surface area contributed by atoms with E-state index in [0.717, 1.165) is 0 Å². The van der Waals surface area contributed by atoms with Gasteiger partial charge in [-0.1, -0.05) is 0 Å². The lowest BCUT2D eigenvalue weighted by molar-refractivity contribution is -0.385. The van der Waals surface area contributed by atoms with Crippen LogP contribution in [0.1, 0.15) is 24.2 Å². The molecule has 7 nitrogen and oxygen atoms in total. The van der Waals surface area contributed by atoms with Crippen molar-refractivity contribution in [2.24, 2.45) is 5.41 Å². The maximum absolute atomic E-state index is 13.1. The van der Waals surface area contributed by atoms with Crippen LogP contribution in [0.15, 0.2) is 12.1 Å². The van der Waals surface area contributed by atoms with Crippen LogP contribution in [-0.2, 0) is 4.79 Å². The SMILES string of the molecule is CC(C)(CNC(=O)c1cc(F)c(F)cc1[N+](=O)[O-])C(=O)O. The standard InChI is InChI=1S/C12H12F2N2O5/c1-12(2,11(18)19)5-15-10(17)6-3-7(13)8(14)4-9(6)16(20)21/h3-4H,5H2,1-2H3,(H,15,17)(H,18,19). The molecular weight excluding hydrogens is 290 g/mol. The molecule has 0 bridgehead atoms. The zero-order chi connectivity index (χ0) is 16.4. The highest BCUT2D eigenvalue weighted by atomic mass is 19.2. The van der Waals surface area contributed by atoms with Crippen molar-refractivity contribution in [1.29, 1.82) is 0 Å². The number of carbonyl (C=O) groups excluding carboxylic acids is 1. The number of carboxylic acid groups (broad SMARTS) is 1. The number of nitrogens with one attached hydrogen (secondary N) is 1. The van der Waals surface area contributed by atoms with Crippen molar-refractivity contribution in [2.75, 3.05) is 6.54 Å². The summed E-state index contributed by atoms with van der Waals surface area (Å²) in [5.41, 5.74) is -2.90. The van der Waals surface area contributed by atoms with Crippen LogP contribution in [-0.4, -0.2) is 28.5 Å². The van der Waals surface area contributed by atoms with Crippen molar-refractivity contribution >= 4 is 17.6 Å². The average molecular weight is 302 g/mol. The summed E-state index contributed by atoms with van der Waals surface area (Å²) in [5.74, 6) is -5.12. The van der Waals surface area contributed by atoms with Gasteiger partial charge in [-0.15, -0.1) is 0 Å². The molecular formula is C12H12F2N2O5. The summed E-state index contributed by atoms with van der Waals surface area (Å²) in [5, 5.41) is 21.8. The van der Waals surface area contributed by atoms with E-state index in [-0.39, 0.29) is 6.54 Å². The predicted molar refractivity (Wildman–Crippen MR) is 66.8 cm³/mol. The Kier molecular flexibility index (Phi) is 4.56. The van der Waals surface area contributed by atoms with Gasteiger partial charge in [-0.2, -0.15) is 0 Å². The number of aliphatic carboxylic acids is 1. The quantitative estimate of drug-likeness (QED) is 0.635. The first-order chi connectivity index (χ1) is 9.56. The van der Waals surface area contributed by atoms with Crippen LogP contribution in [0.4, 0.5) is 14.5 Å². The molecule has 0 heterocycles. The number of rotatable bonds is 5. The molecule has 114 valence electrons. The van der Waals surface area contributed by atoms with Crippen LogP contribution >= 0.6 is 0 Å². The Morgan fingerprint density at radius 2 is 1.86 bits per heavy atom. The van der Waals surface area contributed by atoms with E-state index in [1.807, 2.05) is 0 Å². The van der Waals surface area contributed by atoms with Gasteiger partial charge >= 0.3 is 5.97 Å². The number of amides is 1. The molecule has 2 N–H and O–H groups in total.